The predicted molar refractivity (Wildman–Crippen MR) is 142 cm³/mol. The van der Waals surface area contributed by atoms with Crippen molar-refractivity contribution in [1.29, 1.82) is 0 Å². The molecule has 0 aromatic heterocycles. The van der Waals surface area contributed by atoms with Crippen LogP contribution in [0.5, 0.6) is 11.5 Å². The van der Waals surface area contributed by atoms with Crippen molar-refractivity contribution in [3.8, 4) is 11.5 Å². The quantitative estimate of drug-likeness (QED) is 0.306. The van der Waals surface area contributed by atoms with Gasteiger partial charge in [-0.25, -0.2) is 0 Å². The third-order valence-corrected chi connectivity index (χ3v) is 8.66. The van der Waals surface area contributed by atoms with Gasteiger partial charge in [0.25, 0.3) is 0 Å². The number of hydrogen-bond acceptors (Lipinski definition) is 2. The summed E-state index contributed by atoms with van der Waals surface area (Å²) in [7, 11) is -0.727. The molecule has 33 heavy (non-hydrogen) atoms. The normalized spacial score (nSPS) is 14.2. The highest BCUT2D eigenvalue weighted by Crippen LogP contribution is 2.38. The SMILES string of the molecule is c1ccc(Oc2ccc(NC3CCCCC3)c(P(c3ccccc3)c3ccccc3)c2)cc1. The van der Waals surface area contributed by atoms with Crippen LogP contribution in [-0.4, -0.2) is 6.04 Å². The van der Waals surface area contributed by atoms with E-state index in [2.05, 4.69) is 84.2 Å². The second-order valence-electron chi connectivity index (χ2n) is 8.58. The molecule has 0 aliphatic heterocycles. The molecule has 1 aliphatic carbocycles. The molecule has 1 aliphatic rings. The Kier molecular flexibility index (Phi) is 7.04. The Morgan fingerprint density at radius 3 is 1.79 bits per heavy atom. The fourth-order valence-corrected chi connectivity index (χ4v) is 6.99. The number of rotatable bonds is 7. The van der Waals surface area contributed by atoms with Gasteiger partial charge in [-0.15, -0.1) is 0 Å². The molecule has 0 heterocycles. The van der Waals surface area contributed by atoms with Crippen LogP contribution in [0.15, 0.2) is 109 Å². The molecular weight excluding hydrogens is 421 g/mol. The molecular formula is C30H30NOP. The zero-order valence-corrected chi connectivity index (χ0v) is 19.8. The van der Waals surface area contributed by atoms with Gasteiger partial charge in [0, 0.05) is 17.0 Å². The molecule has 3 heteroatoms. The van der Waals surface area contributed by atoms with E-state index in [1.54, 1.807) is 0 Å². The highest BCUT2D eigenvalue weighted by molar-refractivity contribution is 7.80. The molecule has 2 nitrogen and oxygen atoms in total. The standard InChI is InChI=1S/C30H30NOP/c1-5-13-24(14-6-1)31-29-22-21-26(32-25-15-7-2-8-16-25)23-30(29)33(27-17-9-3-10-18-27)28-19-11-4-12-20-28/h2-4,7-12,15-24,31H,1,5-6,13-14H2. The third-order valence-electron chi connectivity index (χ3n) is 6.18. The molecule has 0 unspecified atom stereocenters. The van der Waals surface area contributed by atoms with Crippen LogP contribution >= 0.6 is 7.92 Å². The fraction of sp³-hybridized carbons (Fsp3) is 0.200. The molecule has 0 spiro atoms. The summed E-state index contributed by atoms with van der Waals surface area (Å²) in [5.41, 5.74) is 1.24. The van der Waals surface area contributed by atoms with E-state index in [1.807, 2.05) is 30.3 Å². The minimum absolute atomic E-state index is 0.543. The van der Waals surface area contributed by atoms with Crippen molar-refractivity contribution in [2.75, 3.05) is 5.32 Å². The maximum Gasteiger partial charge on any atom is 0.128 e. The Balaban J connectivity index is 1.59. The molecule has 1 saturated carbocycles. The smallest absolute Gasteiger partial charge is 0.128 e. The summed E-state index contributed by atoms with van der Waals surface area (Å²) in [5.74, 6) is 1.74. The van der Waals surface area contributed by atoms with E-state index < -0.39 is 7.92 Å². The summed E-state index contributed by atoms with van der Waals surface area (Å²) in [6.07, 6.45) is 6.48. The Morgan fingerprint density at radius 2 is 1.18 bits per heavy atom. The number of hydrogen-bond donors (Lipinski definition) is 1. The van der Waals surface area contributed by atoms with E-state index in [0.717, 1.165) is 11.5 Å². The van der Waals surface area contributed by atoms with E-state index in [-0.39, 0.29) is 0 Å². The van der Waals surface area contributed by atoms with Crippen molar-refractivity contribution in [2.24, 2.45) is 0 Å². The average molecular weight is 452 g/mol. The van der Waals surface area contributed by atoms with E-state index in [4.69, 9.17) is 4.74 Å². The van der Waals surface area contributed by atoms with Crippen LogP contribution in [0, 0.1) is 0 Å². The number of ether oxygens (including phenoxy) is 1. The van der Waals surface area contributed by atoms with E-state index in [0.29, 0.717) is 6.04 Å². The first-order valence-electron chi connectivity index (χ1n) is 11.9. The van der Waals surface area contributed by atoms with Crippen LogP contribution in [0.1, 0.15) is 32.1 Å². The lowest BCUT2D eigenvalue weighted by molar-refractivity contribution is 0.462. The lowest BCUT2D eigenvalue weighted by Crippen LogP contribution is -2.28. The molecule has 5 rings (SSSR count). The number of para-hydroxylation sites is 1. The Hall–Kier alpha value is -3.09. The van der Waals surface area contributed by atoms with Crippen LogP contribution in [-0.2, 0) is 0 Å². The molecule has 4 aromatic carbocycles. The van der Waals surface area contributed by atoms with Crippen LogP contribution in [0.25, 0.3) is 0 Å². The zero-order chi connectivity index (χ0) is 22.3. The molecule has 0 bridgehead atoms. The summed E-state index contributed by atoms with van der Waals surface area (Å²) in [6, 6.07) is 39.0. The van der Waals surface area contributed by atoms with Gasteiger partial charge in [0.1, 0.15) is 11.5 Å². The van der Waals surface area contributed by atoms with Crippen molar-refractivity contribution in [2.45, 2.75) is 38.1 Å². The topological polar surface area (TPSA) is 21.3 Å². The summed E-state index contributed by atoms with van der Waals surface area (Å²) in [5, 5.41) is 7.94. The van der Waals surface area contributed by atoms with Crippen molar-refractivity contribution in [3.63, 3.8) is 0 Å². The lowest BCUT2D eigenvalue weighted by atomic mass is 9.95. The van der Waals surface area contributed by atoms with Crippen molar-refractivity contribution < 1.29 is 4.74 Å². The van der Waals surface area contributed by atoms with E-state index >= 15 is 0 Å². The summed E-state index contributed by atoms with van der Waals surface area (Å²) in [4.78, 5) is 0. The second kappa shape index (κ2) is 10.7. The first-order chi connectivity index (χ1) is 16.4. The Bertz CT molecular complexity index is 1100. The van der Waals surface area contributed by atoms with Crippen LogP contribution in [0.3, 0.4) is 0 Å². The Labute approximate surface area is 198 Å². The largest absolute Gasteiger partial charge is 0.457 e. The highest BCUT2D eigenvalue weighted by Gasteiger charge is 2.22. The number of nitrogens with one attached hydrogen (secondary N) is 1. The minimum Gasteiger partial charge on any atom is -0.457 e. The molecule has 1 N–H and O–H groups in total. The van der Waals surface area contributed by atoms with Gasteiger partial charge in [-0.2, -0.15) is 0 Å². The summed E-state index contributed by atoms with van der Waals surface area (Å²) >= 11 is 0. The maximum absolute atomic E-state index is 6.27. The van der Waals surface area contributed by atoms with Crippen LogP contribution < -0.4 is 26.0 Å². The molecule has 1 fully saturated rings. The first kappa shape index (κ1) is 21.7. The second-order valence-corrected chi connectivity index (χ2v) is 10.8. The van der Waals surface area contributed by atoms with Gasteiger partial charge < -0.3 is 10.1 Å². The molecule has 0 amide bonds. The highest BCUT2D eigenvalue weighted by atomic mass is 31.1. The lowest BCUT2D eigenvalue weighted by Gasteiger charge is -2.28. The maximum atomic E-state index is 6.27. The monoisotopic (exact) mass is 451 g/mol. The van der Waals surface area contributed by atoms with Crippen molar-refractivity contribution >= 4 is 29.5 Å². The molecule has 0 radical (unpaired) electrons. The fourth-order valence-electron chi connectivity index (χ4n) is 4.55. The molecule has 166 valence electrons. The van der Waals surface area contributed by atoms with Crippen molar-refractivity contribution in [3.05, 3.63) is 109 Å². The summed E-state index contributed by atoms with van der Waals surface area (Å²) < 4.78 is 6.27. The van der Waals surface area contributed by atoms with Gasteiger partial charge >= 0.3 is 0 Å². The predicted octanol–water partition coefficient (Wildman–Crippen LogP) is 6.98. The van der Waals surface area contributed by atoms with Crippen molar-refractivity contribution in [1.82, 2.24) is 0 Å². The molecule has 0 saturated heterocycles. The number of benzene rings is 4. The van der Waals surface area contributed by atoms with E-state index in [1.165, 1.54) is 53.7 Å². The van der Waals surface area contributed by atoms with Crippen LogP contribution in [0.4, 0.5) is 5.69 Å². The van der Waals surface area contributed by atoms with E-state index in [9.17, 15) is 0 Å². The van der Waals surface area contributed by atoms with Gasteiger partial charge in [0.05, 0.1) is 0 Å². The molecule has 4 aromatic rings. The zero-order valence-electron chi connectivity index (χ0n) is 18.9. The van der Waals surface area contributed by atoms with Gasteiger partial charge in [0.15, 0.2) is 0 Å². The van der Waals surface area contributed by atoms with Gasteiger partial charge in [-0.3, -0.25) is 0 Å². The summed E-state index contributed by atoms with van der Waals surface area (Å²) in [6.45, 7) is 0. The first-order valence-corrected chi connectivity index (χ1v) is 13.2. The minimum atomic E-state index is -0.727. The number of anilines is 1. The van der Waals surface area contributed by atoms with Gasteiger partial charge in [-0.05, 0) is 61.7 Å². The third kappa shape index (κ3) is 5.46. The van der Waals surface area contributed by atoms with Gasteiger partial charge in [-0.1, -0.05) is 98.1 Å². The van der Waals surface area contributed by atoms with Crippen LogP contribution in [0.2, 0.25) is 0 Å². The average Bonchev–Trinajstić information content (AvgIpc) is 2.88. The molecule has 0 atom stereocenters. The van der Waals surface area contributed by atoms with Gasteiger partial charge in [0.2, 0.25) is 0 Å². The Morgan fingerprint density at radius 1 is 0.606 bits per heavy atom.